The minimum Gasteiger partial charge on any atom is -0.481 e. The fourth-order valence-electron chi connectivity index (χ4n) is 1.79. The van der Waals surface area contributed by atoms with Crippen molar-refractivity contribution < 1.29 is 29.7 Å². The maximum Gasteiger partial charge on any atom is 0.307 e. The molecule has 0 spiro atoms. The van der Waals surface area contributed by atoms with E-state index in [9.17, 15) is 14.4 Å². The molecule has 0 aromatic carbocycles. The number of carboxylic acid groups (broad SMARTS) is 3. The molecule has 0 aromatic rings. The SMILES string of the molecule is O=C(O)C1CC(C(=O)O)C(C(=O)O)C1. The molecule has 0 aliphatic heterocycles. The van der Waals surface area contributed by atoms with Gasteiger partial charge in [0.05, 0.1) is 17.8 Å². The van der Waals surface area contributed by atoms with Crippen LogP contribution in [0.2, 0.25) is 0 Å². The summed E-state index contributed by atoms with van der Waals surface area (Å²) >= 11 is 0. The van der Waals surface area contributed by atoms with E-state index < -0.39 is 35.7 Å². The third kappa shape index (κ3) is 1.84. The van der Waals surface area contributed by atoms with Crippen molar-refractivity contribution in [2.45, 2.75) is 12.8 Å². The average Bonchev–Trinajstić information content (AvgIpc) is 2.47. The minimum atomic E-state index is -1.24. The Balaban J connectivity index is 2.80. The van der Waals surface area contributed by atoms with E-state index in [4.69, 9.17) is 15.3 Å². The van der Waals surface area contributed by atoms with E-state index in [1.54, 1.807) is 0 Å². The van der Waals surface area contributed by atoms with Crippen molar-refractivity contribution in [3.05, 3.63) is 0 Å². The third-order valence-electron chi connectivity index (χ3n) is 2.55. The third-order valence-corrected chi connectivity index (χ3v) is 2.55. The molecular formula is C8H10O6. The van der Waals surface area contributed by atoms with Crippen LogP contribution in [0.25, 0.3) is 0 Å². The summed E-state index contributed by atoms with van der Waals surface area (Å²) in [5, 5.41) is 26.0. The lowest BCUT2D eigenvalue weighted by atomic mass is 9.97. The van der Waals surface area contributed by atoms with Crippen molar-refractivity contribution in [2.24, 2.45) is 17.8 Å². The highest BCUT2D eigenvalue weighted by molar-refractivity contribution is 5.83. The van der Waals surface area contributed by atoms with Gasteiger partial charge in [0.25, 0.3) is 0 Å². The van der Waals surface area contributed by atoms with Crippen LogP contribution in [-0.2, 0) is 14.4 Å². The van der Waals surface area contributed by atoms with Gasteiger partial charge in [0.15, 0.2) is 0 Å². The van der Waals surface area contributed by atoms with Crippen molar-refractivity contribution in [2.75, 3.05) is 0 Å². The second kappa shape index (κ2) is 3.65. The van der Waals surface area contributed by atoms with Crippen LogP contribution in [0.4, 0.5) is 0 Å². The minimum absolute atomic E-state index is 0.0956. The number of hydrogen-bond donors (Lipinski definition) is 3. The fraction of sp³-hybridized carbons (Fsp3) is 0.625. The van der Waals surface area contributed by atoms with Gasteiger partial charge in [-0.05, 0) is 12.8 Å². The van der Waals surface area contributed by atoms with Gasteiger partial charge in [-0.15, -0.1) is 0 Å². The van der Waals surface area contributed by atoms with E-state index in [2.05, 4.69) is 0 Å². The molecule has 0 heterocycles. The molecule has 2 unspecified atom stereocenters. The van der Waals surface area contributed by atoms with Crippen molar-refractivity contribution in [1.82, 2.24) is 0 Å². The lowest BCUT2D eigenvalue weighted by Crippen LogP contribution is -2.24. The summed E-state index contributed by atoms with van der Waals surface area (Å²) in [4.78, 5) is 31.8. The van der Waals surface area contributed by atoms with Gasteiger partial charge in [0.2, 0.25) is 0 Å². The fourth-order valence-corrected chi connectivity index (χ4v) is 1.79. The van der Waals surface area contributed by atoms with Gasteiger partial charge in [0.1, 0.15) is 0 Å². The summed E-state index contributed by atoms with van der Waals surface area (Å²) in [5.74, 6) is -6.60. The lowest BCUT2D eigenvalue weighted by Gasteiger charge is -2.08. The summed E-state index contributed by atoms with van der Waals surface area (Å²) in [6, 6.07) is 0. The Bertz CT molecular complexity index is 262. The molecule has 6 heteroatoms. The molecular weight excluding hydrogens is 192 g/mol. The van der Waals surface area contributed by atoms with Crippen molar-refractivity contribution in [3.8, 4) is 0 Å². The van der Waals surface area contributed by atoms with E-state index in [1.807, 2.05) is 0 Å². The Labute approximate surface area is 79.2 Å². The molecule has 0 aromatic heterocycles. The summed E-state index contributed by atoms with van der Waals surface area (Å²) in [6.07, 6.45) is -0.191. The topological polar surface area (TPSA) is 112 Å². The smallest absolute Gasteiger partial charge is 0.307 e. The molecule has 0 radical (unpaired) electrons. The predicted octanol–water partition coefficient (Wildman–Crippen LogP) is -0.117. The van der Waals surface area contributed by atoms with E-state index in [0.29, 0.717) is 0 Å². The van der Waals surface area contributed by atoms with E-state index in [1.165, 1.54) is 0 Å². The highest BCUT2D eigenvalue weighted by Gasteiger charge is 2.45. The van der Waals surface area contributed by atoms with Crippen molar-refractivity contribution in [1.29, 1.82) is 0 Å². The summed E-state index contributed by atoms with van der Waals surface area (Å²) in [6.45, 7) is 0. The van der Waals surface area contributed by atoms with Crippen LogP contribution in [0.5, 0.6) is 0 Å². The predicted molar refractivity (Wildman–Crippen MR) is 42.6 cm³/mol. The maximum absolute atomic E-state index is 10.6. The highest BCUT2D eigenvalue weighted by atomic mass is 16.4. The largest absolute Gasteiger partial charge is 0.481 e. The molecule has 0 bridgehead atoms. The zero-order valence-corrected chi connectivity index (χ0v) is 7.21. The number of rotatable bonds is 3. The molecule has 1 fully saturated rings. The molecule has 1 aliphatic carbocycles. The van der Waals surface area contributed by atoms with Gasteiger partial charge in [-0.3, -0.25) is 14.4 Å². The van der Waals surface area contributed by atoms with Crippen molar-refractivity contribution in [3.63, 3.8) is 0 Å². The molecule has 14 heavy (non-hydrogen) atoms. The number of hydrogen-bond acceptors (Lipinski definition) is 3. The summed E-state index contributed by atoms with van der Waals surface area (Å²) in [5.41, 5.74) is 0. The second-order valence-corrected chi connectivity index (χ2v) is 3.40. The average molecular weight is 202 g/mol. The van der Waals surface area contributed by atoms with Crippen LogP contribution in [0.15, 0.2) is 0 Å². The molecule has 3 N–H and O–H groups in total. The maximum atomic E-state index is 10.6. The van der Waals surface area contributed by atoms with Gasteiger partial charge in [-0.25, -0.2) is 0 Å². The van der Waals surface area contributed by atoms with Gasteiger partial charge in [-0.1, -0.05) is 0 Å². The molecule has 2 atom stereocenters. The molecule has 0 saturated heterocycles. The van der Waals surface area contributed by atoms with Crippen LogP contribution in [0.1, 0.15) is 12.8 Å². The number of carboxylic acids is 3. The molecule has 1 rings (SSSR count). The lowest BCUT2D eigenvalue weighted by molar-refractivity contribution is -0.152. The number of carbonyl (C=O) groups is 3. The Morgan fingerprint density at radius 3 is 1.36 bits per heavy atom. The Morgan fingerprint density at radius 1 is 0.786 bits per heavy atom. The monoisotopic (exact) mass is 202 g/mol. The molecule has 6 nitrogen and oxygen atoms in total. The van der Waals surface area contributed by atoms with Gasteiger partial charge in [-0.2, -0.15) is 0 Å². The zero-order chi connectivity index (χ0) is 10.9. The van der Waals surface area contributed by atoms with Crippen LogP contribution < -0.4 is 0 Å². The summed E-state index contributed by atoms with van der Waals surface area (Å²) in [7, 11) is 0. The summed E-state index contributed by atoms with van der Waals surface area (Å²) < 4.78 is 0. The van der Waals surface area contributed by atoms with E-state index in [-0.39, 0.29) is 12.8 Å². The van der Waals surface area contributed by atoms with Crippen LogP contribution >= 0.6 is 0 Å². The van der Waals surface area contributed by atoms with Crippen LogP contribution in [-0.4, -0.2) is 33.2 Å². The van der Waals surface area contributed by atoms with E-state index >= 15 is 0 Å². The normalized spacial score (nSPS) is 31.3. The quantitative estimate of drug-likeness (QED) is 0.588. The highest BCUT2D eigenvalue weighted by Crippen LogP contribution is 2.36. The first-order chi connectivity index (χ1) is 6.43. The molecule has 78 valence electrons. The zero-order valence-electron chi connectivity index (χ0n) is 7.21. The van der Waals surface area contributed by atoms with E-state index in [0.717, 1.165) is 0 Å². The first kappa shape index (κ1) is 10.5. The first-order valence-electron chi connectivity index (χ1n) is 4.12. The van der Waals surface area contributed by atoms with Crippen LogP contribution in [0.3, 0.4) is 0 Å². The molecule has 1 saturated carbocycles. The Kier molecular flexibility index (Phi) is 2.73. The first-order valence-corrected chi connectivity index (χ1v) is 4.12. The Morgan fingerprint density at radius 2 is 1.14 bits per heavy atom. The van der Waals surface area contributed by atoms with Gasteiger partial charge >= 0.3 is 17.9 Å². The van der Waals surface area contributed by atoms with Crippen LogP contribution in [0, 0.1) is 17.8 Å². The van der Waals surface area contributed by atoms with Gasteiger partial charge in [0, 0.05) is 0 Å². The standard InChI is InChI=1S/C8H10O6/c9-6(10)3-1-4(7(11)12)5(2-3)8(13)14/h3-5H,1-2H2,(H,9,10)(H,11,12)(H,13,14). The molecule has 0 amide bonds. The Hall–Kier alpha value is -1.59. The van der Waals surface area contributed by atoms with Gasteiger partial charge < -0.3 is 15.3 Å². The second-order valence-electron chi connectivity index (χ2n) is 3.40. The molecule has 1 aliphatic rings. The number of aliphatic carboxylic acids is 3. The van der Waals surface area contributed by atoms with Crippen molar-refractivity contribution >= 4 is 17.9 Å².